The summed E-state index contributed by atoms with van der Waals surface area (Å²) in [5.41, 5.74) is 2.32. The first-order chi connectivity index (χ1) is 10.1. The molecule has 4 heteroatoms. The number of aromatic hydroxyl groups is 1. The van der Waals surface area contributed by atoms with Crippen molar-refractivity contribution in [2.24, 2.45) is 0 Å². The number of ether oxygens (including phenoxy) is 1. The average molecular weight is 281 g/mol. The molecule has 0 saturated heterocycles. The fourth-order valence-electron chi connectivity index (χ4n) is 2.37. The van der Waals surface area contributed by atoms with E-state index in [0.29, 0.717) is 22.2 Å². The number of H-pyrrole nitrogens is 1. The van der Waals surface area contributed by atoms with E-state index in [1.54, 1.807) is 25.3 Å². The predicted octanol–water partition coefficient (Wildman–Crippen LogP) is 3.22. The Morgan fingerprint density at radius 2 is 1.81 bits per heavy atom. The number of hydrogen-bond donors (Lipinski definition) is 2. The Bertz CT molecular complexity index is 864. The number of aromatic nitrogens is 1. The van der Waals surface area contributed by atoms with Gasteiger partial charge in [-0.3, -0.25) is 4.79 Å². The summed E-state index contributed by atoms with van der Waals surface area (Å²) in [5.74, 6) is 0.594. The zero-order valence-electron chi connectivity index (χ0n) is 11.8. The second kappa shape index (κ2) is 4.98. The van der Waals surface area contributed by atoms with Crippen molar-refractivity contribution in [3.05, 3.63) is 58.4 Å². The zero-order valence-corrected chi connectivity index (χ0v) is 11.8. The normalized spacial score (nSPS) is 10.8. The maximum Gasteiger partial charge on any atom is 0.260 e. The van der Waals surface area contributed by atoms with Crippen molar-refractivity contribution in [2.45, 2.75) is 6.92 Å². The lowest BCUT2D eigenvalue weighted by atomic mass is 10.0. The third-order valence-corrected chi connectivity index (χ3v) is 3.53. The molecule has 0 aliphatic rings. The Morgan fingerprint density at radius 1 is 1.10 bits per heavy atom. The summed E-state index contributed by atoms with van der Waals surface area (Å²) in [4.78, 5) is 15.0. The van der Waals surface area contributed by atoms with Crippen molar-refractivity contribution in [3.63, 3.8) is 0 Å². The highest BCUT2D eigenvalue weighted by molar-refractivity contribution is 5.92. The van der Waals surface area contributed by atoms with Gasteiger partial charge in [0.15, 0.2) is 0 Å². The lowest BCUT2D eigenvalue weighted by molar-refractivity contribution is 0.415. The molecule has 0 saturated carbocycles. The first-order valence-electron chi connectivity index (χ1n) is 6.60. The molecular formula is C17H15NO3. The molecule has 0 amide bonds. The van der Waals surface area contributed by atoms with Crippen LogP contribution >= 0.6 is 0 Å². The summed E-state index contributed by atoms with van der Waals surface area (Å²) in [5, 5.41) is 11.1. The third-order valence-electron chi connectivity index (χ3n) is 3.53. The van der Waals surface area contributed by atoms with Gasteiger partial charge < -0.3 is 14.8 Å². The molecule has 1 heterocycles. The molecule has 3 aromatic rings. The fourth-order valence-corrected chi connectivity index (χ4v) is 2.37. The lowest BCUT2D eigenvalue weighted by Crippen LogP contribution is -2.09. The minimum absolute atomic E-state index is 0.0310. The summed E-state index contributed by atoms with van der Waals surface area (Å²) < 4.78 is 5.17. The average Bonchev–Trinajstić information content (AvgIpc) is 2.49. The standard InChI is InChI=1S/C17H15NO3/c1-10-3-5-11(6-4-10)15-16(19)13-9-12(21-2)7-8-14(13)18-17(15)20/h3-9H,1-2H3,(H2,18,19,20). The van der Waals surface area contributed by atoms with E-state index in [9.17, 15) is 9.90 Å². The van der Waals surface area contributed by atoms with Crippen molar-refractivity contribution < 1.29 is 9.84 Å². The summed E-state index contributed by atoms with van der Waals surface area (Å²) in [7, 11) is 1.56. The Balaban J connectivity index is 2.32. The van der Waals surface area contributed by atoms with Gasteiger partial charge in [0, 0.05) is 5.39 Å². The van der Waals surface area contributed by atoms with Crippen LogP contribution in [-0.2, 0) is 0 Å². The monoisotopic (exact) mass is 281 g/mol. The first-order valence-corrected chi connectivity index (χ1v) is 6.60. The Labute approximate surface area is 121 Å². The maximum atomic E-state index is 12.2. The smallest absolute Gasteiger partial charge is 0.260 e. The number of rotatable bonds is 2. The highest BCUT2D eigenvalue weighted by Gasteiger charge is 2.14. The molecular weight excluding hydrogens is 266 g/mol. The molecule has 21 heavy (non-hydrogen) atoms. The molecule has 0 aliphatic heterocycles. The van der Waals surface area contributed by atoms with Gasteiger partial charge in [0.25, 0.3) is 5.56 Å². The van der Waals surface area contributed by atoms with E-state index in [0.717, 1.165) is 5.56 Å². The van der Waals surface area contributed by atoms with E-state index in [-0.39, 0.29) is 16.9 Å². The topological polar surface area (TPSA) is 62.3 Å². The van der Waals surface area contributed by atoms with Gasteiger partial charge >= 0.3 is 0 Å². The Morgan fingerprint density at radius 3 is 2.48 bits per heavy atom. The summed E-state index contributed by atoms with van der Waals surface area (Å²) in [6.45, 7) is 1.97. The molecule has 0 spiro atoms. The third kappa shape index (κ3) is 2.25. The van der Waals surface area contributed by atoms with Crippen molar-refractivity contribution >= 4 is 10.9 Å². The van der Waals surface area contributed by atoms with Gasteiger partial charge in [0.2, 0.25) is 0 Å². The number of aromatic amines is 1. The highest BCUT2D eigenvalue weighted by Crippen LogP contribution is 2.33. The molecule has 0 fully saturated rings. The first kappa shape index (κ1) is 13.2. The van der Waals surface area contributed by atoms with E-state index in [4.69, 9.17) is 4.74 Å². The molecule has 2 N–H and O–H groups in total. The van der Waals surface area contributed by atoms with Crippen LogP contribution in [0, 0.1) is 6.92 Å². The maximum absolute atomic E-state index is 12.2. The number of methoxy groups -OCH3 is 1. The van der Waals surface area contributed by atoms with Gasteiger partial charge in [0.1, 0.15) is 11.5 Å². The SMILES string of the molecule is COc1ccc2[nH]c(=O)c(-c3ccc(C)cc3)c(O)c2c1. The van der Waals surface area contributed by atoms with Crippen LogP contribution in [0.15, 0.2) is 47.3 Å². The van der Waals surface area contributed by atoms with Gasteiger partial charge in [-0.05, 0) is 30.7 Å². The molecule has 0 unspecified atom stereocenters. The largest absolute Gasteiger partial charge is 0.506 e. The van der Waals surface area contributed by atoms with E-state index >= 15 is 0 Å². The predicted molar refractivity (Wildman–Crippen MR) is 83.0 cm³/mol. The highest BCUT2D eigenvalue weighted by atomic mass is 16.5. The number of nitrogens with one attached hydrogen (secondary N) is 1. The van der Waals surface area contributed by atoms with E-state index in [1.807, 2.05) is 31.2 Å². The van der Waals surface area contributed by atoms with Gasteiger partial charge in [-0.2, -0.15) is 0 Å². The minimum Gasteiger partial charge on any atom is -0.506 e. The van der Waals surface area contributed by atoms with Crippen molar-refractivity contribution in [2.75, 3.05) is 7.11 Å². The molecule has 0 radical (unpaired) electrons. The molecule has 2 aromatic carbocycles. The van der Waals surface area contributed by atoms with Crippen LogP contribution in [0.5, 0.6) is 11.5 Å². The molecule has 4 nitrogen and oxygen atoms in total. The van der Waals surface area contributed by atoms with Crippen LogP contribution in [0.4, 0.5) is 0 Å². The number of benzene rings is 2. The van der Waals surface area contributed by atoms with Crippen LogP contribution < -0.4 is 10.3 Å². The van der Waals surface area contributed by atoms with Crippen molar-refractivity contribution in [3.8, 4) is 22.6 Å². The number of aryl methyl sites for hydroxylation is 1. The van der Waals surface area contributed by atoms with Crippen molar-refractivity contribution in [1.82, 2.24) is 4.98 Å². The summed E-state index contributed by atoms with van der Waals surface area (Å²) >= 11 is 0. The van der Waals surface area contributed by atoms with Crippen LogP contribution in [-0.4, -0.2) is 17.2 Å². The summed E-state index contributed by atoms with van der Waals surface area (Å²) in [6.07, 6.45) is 0. The molecule has 0 aliphatic carbocycles. The van der Waals surface area contributed by atoms with Gasteiger partial charge in [-0.15, -0.1) is 0 Å². The molecule has 106 valence electrons. The zero-order chi connectivity index (χ0) is 15.0. The number of fused-ring (bicyclic) bond motifs is 1. The second-order valence-electron chi connectivity index (χ2n) is 4.96. The van der Waals surface area contributed by atoms with Crippen LogP contribution in [0.2, 0.25) is 0 Å². The quantitative estimate of drug-likeness (QED) is 0.758. The van der Waals surface area contributed by atoms with Crippen LogP contribution in [0.1, 0.15) is 5.56 Å². The number of pyridine rings is 1. The van der Waals surface area contributed by atoms with Crippen LogP contribution in [0.3, 0.4) is 0 Å². The minimum atomic E-state index is -0.311. The van der Waals surface area contributed by atoms with Crippen LogP contribution in [0.25, 0.3) is 22.0 Å². The molecule has 1 aromatic heterocycles. The number of hydrogen-bond acceptors (Lipinski definition) is 3. The van der Waals surface area contributed by atoms with Crippen molar-refractivity contribution in [1.29, 1.82) is 0 Å². The van der Waals surface area contributed by atoms with E-state index in [1.165, 1.54) is 0 Å². The van der Waals surface area contributed by atoms with E-state index < -0.39 is 0 Å². The van der Waals surface area contributed by atoms with E-state index in [2.05, 4.69) is 4.98 Å². The molecule has 0 bridgehead atoms. The fraction of sp³-hybridized carbons (Fsp3) is 0.118. The summed E-state index contributed by atoms with van der Waals surface area (Å²) in [6, 6.07) is 12.6. The Hall–Kier alpha value is -2.75. The molecule has 0 atom stereocenters. The van der Waals surface area contributed by atoms with Gasteiger partial charge in [-0.25, -0.2) is 0 Å². The lowest BCUT2D eigenvalue weighted by Gasteiger charge is -2.09. The molecule has 3 rings (SSSR count). The Kier molecular flexibility index (Phi) is 3.14. The van der Waals surface area contributed by atoms with Gasteiger partial charge in [-0.1, -0.05) is 29.8 Å². The second-order valence-corrected chi connectivity index (χ2v) is 4.96. The van der Waals surface area contributed by atoms with Gasteiger partial charge in [0.05, 0.1) is 18.2 Å².